The van der Waals surface area contributed by atoms with E-state index in [1.165, 1.54) is 0 Å². The van der Waals surface area contributed by atoms with Gasteiger partial charge in [-0.3, -0.25) is 9.69 Å². The lowest BCUT2D eigenvalue weighted by molar-refractivity contribution is -0.123. The van der Waals surface area contributed by atoms with Gasteiger partial charge in [-0.05, 0) is 37.8 Å². The van der Waals surface area contributed by atoms with E-state index in [0.717, 1.165) is 50.5 Å². The van der Waals surface area contributed by atoms with Gasteiger partial charge in [-0.25, -0.2) is 0 Å². The molecule has 1 saturated heterocycles. The highest BCUT2D eigenvalue weighted by atomic mass is 16.5. The molecule has 1 unspecified atom stereocenters. The number of carbonyl (C=O) groups is 1. The molecule has 1 aromatic carbocycles. The molecule has 1 heterocycles. The molecule has 6 heteroatoms. The van der Waals surface area contributed by atoms with Crippen LogP contribution in [0.15, 0.2) is 24.3 Å². The lowest BCUT2D eigenvalue weighted by atomic mass is 9.98. The SMILES string of the molecule is COc1ccccc1N1CCN(CC(=O)NC(C)(C#N)C2CC2)CC1. The first-order valence-electron chi connectivity index (χ1n) is 8.88. The van der Waals surface area contributed by atoms with E-state index in [-0.39, 0.29) is 5.91 Å². The van der Waals surface area contributed by atoms with Crippen molar-refractivity contribution in [3.8, 4) is 11.8 Å². The minimum atomic E-state index is -0.712. The van der Waals surface area contributed by atoms with Crippen LogP contribution in [0.4, 0.5) is 5.69 Å². The Morgan fingerprint density at radius 1 is 1.32 bits per heavy atom. The van der Waals surface area contributed by atoms with Gasteiger partial charge in [0.2, 0.25) is 5.91 Å². The fourth-order valence-corrected chi connectivity index (χ4v) is 3.45. The molecule has 6 nitrogen and oxygen atoms in total. The number of carbonyl (C=O) groups excluding carboxylic acids is 1. The molecule has 1 aromatic rings. The first-order valence-corrected chi connectivity index (χ1v) is 8.88. The molecule has 3 rings (SSSR count). The van der Waals surface area contributed by atoms with Crippen LogP contribution in [0.3, 0.4) is 0 Å². The maximum atomic E-state index is 12.3. The summed E-state index contributed by atoms with van der Waals surface area (Å²) in [4.78, 5) is 16.8. The maximum absolute atomic E-state index is 12.3. The van der Waals surface area contributed by atoms with Gasteiger partial charge >= 0.3 is 0 Å². The van der Waals surface area contributed by atoms with E-state index in [1.807, 2.05) is 25.1 Å². The highest BCUT2D eigenvalue weighted by molar-refractivity contribution is 5.79. The summed E-state index contributed by atoms with van der Waals surface area (Å²) >= 11 is 0. The largest absolute Gasteiger partial charge is 0.495 e. The predicted octanol–water partition coefficient (Wildman–Crippen LogP) is 1.63. The number of para-hydroxylation sites is 2. The first kappa shape index (κ1) is 17.6. The molecule has 0 radical (unpaired) electrons. The molecule has 1 saturated carbocycles. The van der Waals surface area contributed by atoms with E-state index in [4.69, 9.17) is 4.74 Å². The average Bonchev–Trinajstić information content (AvgIpc) is 3.48. The molecule has 0 aromatic heterocycles. The van der Waals surface area contributed by atoms with Crippen molar-refractivity contribution < 1.29 is 9.53 Å². The van der Waals surface area contributed by atoms with Crippen molar-refractivity contribution in [3.05, 3.63) is 24.3 Å². The summed E-state index contributed by atoms with van der Waals surface area (Å²) in [6.45, 7) is 5.53. The average molecular weight is 342 g/mol. The summed E-state index contributed by atoms with van der Waals surface area (Å²) in [5, 5.41) is 12.3. The van der Waals surface area contributed by atoms with Crippen molar-refractivity contribution in [3.63, 3.8) is 0 Å². The zero-order chi connectivity index (χ0) is 17.9. The number of nitriles is 1. The number of benzene rings is 1. The first-order chi connectivity index (χ1) is 12.1. The summed E-state index contributed by atoms with van der Waals surface area (Å²) in [7, 11) is 1.69. The molecule has 1 aliphatic heterocycles. The zero-order valence-corrected chi connectivity index (χ0v) is 15.0. The summed E-state index contributed by atoms with van der Waals surface area (Å²) in [5.74, 6) is 1.13. The molecule has 1 N–H and O–H groups in total. The number of amides is 1. The van der Waals surface area contributed by atoms with E-state index in [1.54, 1.807) is 7.11 Å². The smallest absolute Gasteiger partial charge is 0.235 e. The standard InChI is InChI=1S/C19H26N4O2/c1-19(14-20,15-7-8-15)21-18(24)13-22-9-11-23(12-10-22)16-5-3-4-6-17(16)25-2/h3-6,15H,7-13H2,1-2H3,(H,21,24). The van der Waals surface area contributed by atoms with Crippen LogP contribution in [0.5, 0.6) is 5.75 Å². The van der Waals surface area contributed by atoms with Gasteiger partial charge in [-0.2, -0.15) is 5.26 Å². The number of methoxy groups -OCH3 is 1. The number of ether oxygens (including phenoxy) is 1. The maximum Gasteiger partial charge on any atom is 0.235 e. The fraction of sp³-hybridized carbons (Fsp3) is 0.579. The Kier molecular flexibility index (Phi) is 5.14. The molecule has 2 aliphatic rings. The molecular formula is C19H26N4O2. The van der Waals surface area contributed by atoms with Gasteiger partial charge in [0.25, 0.3) is 0 Å². The molecule has 1 aliphatic carbocycles. The molecule has 2 fully saturated rings. The normalized spacial score (nSPS) is 20.4. The number of rotatable bonds is 6. The van der Waals surface area contributed by atoms with Gasteiger partial charge in [0.1, 0.15) is 11.3 Å². The van der Waals surface area contributed by atoms with E-state index >= 15 is 0 Å². The Morgan fingerprint density at radius 2 is 2.00 bits per heavy atom. The van der Waals surface area contributed by atoms with Gasteiger partial charge in [-0.15, -0.1) is 0 Å². The third-order valence-corrected chi connectivity index (χ3v) is 5.19. The van der Waals surface area contributed by atoms with Gasteiger partial charge in [0.05, 0.1) is 25.4 Å². The number of hydrogen-bond acceptors (Lipinski definition) is 5. The van der Waals surface area contributed by atoms with Crippen molar-refractivity contribution in [2.24, 2.45) is 5.92 Å². The molecular weight excluding hydrogens is 316 g/mol. The van der Waals surface area contributed by atoms with Crippen LogP contribution in [0.2, 0.25) is 0 Å². The predicted molar refractivity (Wildman–Crippen MR) is 96.5 cm³/mol. The fourth-order valence-electron chi connectivity index (χ4n) is 3.45. The molecule has 25 heavy (non-hydrogen) atoms. The number of nitrogens with one attached hydrogen (secondary N) is 1. The van der Waals surface area contributed by atoms with Crippen LogP contribution in [0.25, 0.3) is 0 Å². The van der Waals surface area contributed by atoms with Gasteiger partial charge in [0.15, 0.2) is 0 Å². The summed E-state index contributed by atoms with van der Waals surface area (Å²) < 4.78 is 5.44. The highest BCUT2D eigenvalue weighted by Gasteiger charge is 2.43. The third kappa shape index (κ3) is 4.05. The van der Waals surface area contributed by atoms with Crippen molar-refractivity contribution >= 4 is 11.6 Å². The Bertz CT molecular complexity index is 660. The Balaban J connectivity index is 1.51. The molecule has 0 bridgehead atoms. The number of piperazine rings is 1. The van der Waals surface area contributed by atoms with Crippen molar-refractivity contribution in [2.75, 3.05) is 44.7 Å². The van der Waals surface area contributed by atoms with Crippen LogP contribution < -0.4 is 15.0 Å². The Hall–Kier alpha value is -2.26. The summed E-state index contributed by atoms with van der Waals surface area (Å²) in [5.41, 5.74) is 0.385. The number of hydrogen-bond donors (Lipinski definition) is 1. The molecule has 134 valence electrons. The number of nitrogens with zero attached hydrogens (tertiary/aromatic N) is 3. The molecule has 1 amide bonds. The van der Waals surface area contributed by atoms with Crippen LogP contribution >= 0.6 is 0 Å². The van der Waals surface area contributed by atoms with Gasteiger partial charge in [-0.1, -0.05) is 12.1 Å². The van der Waals surface area contributed by atoms with E-state index in [0.29, 0.717) is 12.5 Å². The van der Waals surface area contributed by atoms with Crippen LogP contribution in [0, 0.1) is 17.2 Å². The van der Waals surface area contributed by atoms with Crippen LogP contribution in [-0.4, -0.2) is 56.2 Å². The van der Waals surface area contributed by atoms with Crippen LogP contribution in [0.1, 0.15) is 19.8 Å². The van der Waals surface area contributed by atoms with Crippen molar-refractivity contribution in [1.29, 1.82) is 5.26 Å². The highest BCUT2D eigenvalue weighted by Crippen LogP contribution is 2.39. The van der Waals surface area contributed by atoms with Gasteiger partial charge < -0.3 is 15.0 Å². The molecule has 1 atom stereocenters. The second-order valence-electron chi connectivity index (χ2n) is 7.07. The molecule has 0 spiro atoms. The topological polar surface area (TPSA) is 68.6 Å². The Morgan fingerprint density at radius 3 is 2.60 bits per heavy atom. The van der Waals surface area contributed by atoms with Crippen molar-refractivity contribution in [1.82, 2.24) is 10.2 Å². The second-order valence-corrected chi connectivity index (χ2v) is 7.07. The van der Waals surface area contributed by atoms with Gasteiger partial charge in [0, 0.05) is 26.2 Å². The summed E-state index contributed by atoms with van der Waals surface area (Å²) in [6, 6.07) is 10.3. The van der Waals surface area contributed by atoms with E-state index in [2.05, 4.69) is 27.3 Å². The lowest BCUT2D eigenvalue weighted by Gasteiger charge is -2.36. The Labute approximate surface area is 149 Å². The third-order valence-electron chi connectivity index (χ3n) is 5.19. The van der Waals surface area contributed by atoms with Crippen molar-refractivity contribution in [2.45, 2.75) is 25.3 Å². The zero-order valence-electron chi connectivity index (χ0n) is 15.0. The quantitative estimate of drug-likeness (QED) is 0.851. The summed E-state index contributed by atoms with van der Waals surface area (Å²) in [6.07, 6.45) is 2.06. The van der Waals surface area contributed by atoms with E-state index in [9.17, 15) is 10.1 Å². The minimum Gasteiger partial charge on any atom is -0.495 e. The van der Waals surface area contributed by atoms with Crippen LogP contribution in [-0.2, 0) is 4.79 Å². The number of anilines is 1. The lowest BCUT2D eigenvalue weighted by Crippen LogP contribution is -2.53. The van der Waals surface area contributed by atoms with E-state index < -0.39 is 5.54 Å². The minimum absolute atomic E-state index is 0.0540. The second kappa shape index (κ2) is 7.32. The monoisotopic (exact) mass is 342 g/mol.